The Bertz CT molecular complexity index is 805. The molecule has 0 bridgehead atoms. The van der Waals surface area contributed by atoms with Gasteiger partial charge in [-0.1, -0.05) is 18.2 Å². The maximum Gasteiger partial charge on any atom is 0.344 e. The second-order valence-electron chi connectivity index (χ2n) is 5.54. The highest BCUT2D eigenvalue weighted by Gasteiger charge is 2.15. The highest BCUT2D eigenvalue weighted by molar-refractivity contribution is 6.08. The van der Waals surface area contributed by atoms with E-state index in [2.05, 4.69) is 5.10 Å². The van der Waals surface area contributed by atoms with E-state index in [4.69, 9.17) is 9.84 Å². The van der Waals surface area contributed by atoms with Crippen LogP contribution in [-0.4, -0.2) is 32.7 Å². The van der Waals surface area contributed by atoms with Crippen LogP contribution in [-0.2, 0) is 11.8 Å². The van der Waals surface area contributed by atoms with Gasteiger partial charge in [-0.2, -0.15) is 5.10 Å². The molecular weight excluding hydrogens is 308 g/mol. The molecule has 0 spiro atoms. The monoisotopic (exact) mass is 328 g/mol. The number of ketones is 1. The number of nitrogens with zero attached hydrogens (tertiary/aromatic N) is 2. The average Bonchev–Trinajstić information content (AvgIpc) is 2.78. The fourth-order valence-corrected chi connectivity index (χ4v) is 2.33. The van der Waals surface area contributed by atoms with Crippen molar-refractivity contribution in [1.29, 1.82) is 0 Å². The van der Waals surface area contributed by atoms with Crippen molar-refractivity contribution in [2.75, 3.05) is 0 Å². The van der Waals surface area contributed by atoms with Crippen LogP contribution in [0.4, 0.5) is 0 Å². The standard InChI is InChI=1S/C18H20N2O4/c1-11-17(12(2)20(4)19-11)16(21)9-8-14-6-5-7-15(10-14)24-13(3)18(22)23/h5-10,13H,1-4H3,(H,22,23)/b9-8-/t13-/m1/s1. The molecule has 0 aliphatic carbocycles. The predicted octanol–water partition coefficient (Wildman–Crippen LogP) is 2.78. The van der Waals surface area contributed by atoms with Crippen LogP contribution in [0.1, 0.15) is 34.2 Å². The largest absolute Gasteiger partial charge is 0.479 e. The molecule has 1 aromatic heterocycles. The van der Waals surface area contributed by atoms with E-state index in [0.717, 1.165) is 11.3 Å². The summed E-state index contributed by atoms with van der Waals surface area (Å²) < 4.78 is 7.00. The SMILES string of the molecule is Cc1nn(C)c(C)c1C(=O)/C=C\c1cccc(O[C@H](C)C(=O)O)c1. The number of aliphatic carboxylic acids is 1. The first-order chi connectivity index (χ1) is 11.3. The smallest absolute Gasteiger partial charge is 0.344 e. The summed E-state index contributed by atoms with van der Waals surface area (Å²) in [6, 6.07) is 6.92. The fraction of sp³-hybridized carbons (Fsp3) is 0.278. The van der Waals surface area contributed by atoms with Crippen molar-refractivity contribution >= 4 is 17.8 Å². The van der Waals surface area contributed by atoms with Gasteiger partial charge in [0, 0.05) is 12.7 Å². The van der Waals surface area contributed by atoms with Gasteiger partial charge in [-0.15, -0.1) is 0 Å². The van der Waals surface area contributed by atoms with Crippen molar-refractivity contribution in [3.05, 3.63) is 52.9 Å². The third-order valence-corrected chi connectivity index (χ3v) is 3.70. The minimum atomic E-state index is -1.03. The molecule has 0 aliphatic rings. The molecular formula is C18H20N2O4. The fourth-order valence-electron chi connectivity index (χ4n) is 2.33. The number of hydrogen-bond donors (Lipinski definition) is 1. The quantitative estimate of drug-likeness (QED) is 0.651. The maximum absolute atomic E-state index is 12.4. The Kier molecular flexibility index (Phi) is 5.18. The Morgan fingerprint density at radius 3 is 2.62 bits per heavy atom. The lowest BCUT2D eigenvalue weighted by Gasteiger charge is -2.10. The van der Waals surface area contributed by atoms with E-state index in [1.807, 2.05) is 13.0 Å². The molecule has 6 heteroatoms. The Labute approximate surface area is 140 Å². The molecule has 0 saturated heterocycles. The number of carbonyl (C=O) groups is 2. The summed E-state index contributed by atoms with van der Waals surface area (Å²) in [6.45, 7) is 5.11. The first-order valence-corrected chi connectivity index (χ1v) is 7.51. The molecule has 0 saturated carbocycles. The lowest BCUT2D eigenvalue weighted by molar-refractivity contribution is -0.144. The normalized spacial score (nSPS) is 12.3. The van der Waals surface area contributed by atoms with E-state index in [9.17, 15) is 9.59 Å². The summed E-state index contributed by atoms with van der Waals surface area (Å²) in [6.07, 6.45) is 2.22. The van der Waals surface area contributed by atoms with Gasteiger partial charge in [-0.25, -0.2) is 4.79 Å². The van der Waals surface area contributed by atoms with Crippen LogP contribution in [0.3, 0.4) is 0 Å². The van der Waals surface area contributed by atoms with Crippen LogP contribution in [0.5, 0.6) is 5.75 Å². The Morgan fingerprint density at radius 2 is 2.04 bits per heavy atom. The van der Waals surface area contributed by atoms with E-state index in [1.54, 1.807) is 42.9 Å². The molecule has 1 N–H and O–H groups in total. The second kappa shape index (κ2) is 7.12. The topological polar surface area (TPSA) is 81.4 Å². The molecule has 0 radical (unpaired) electrons. The number of allylic oxidation sites excluding steroid dienone is 1. The third kappa shape index (κ3) is 3.90. The average molecular weight is 328 g/mol. The Hall–Kier alpha value is -2.89. The molecule has 0 unspecified atom stereocenters. The van der Waals surface area contributed by atoms with Crippen molar-refractivity contribution in [3.8, 4) is 5.75 Å². The van der Waals surface area contributed by atoms with Gasteiger partial charge in [0.05, 0.1) is 11.3 Å². The molecule has 1 aromatic carbocycles. The Morgan fingerprint density at radius 1 is 1.33 bits per heavy atom. The van der Waals surface area contributed by atoms with Crippen LogP contribution in [0.15, 0.2) is 30.3 Å². The first-order valence-electron chi connectivity index (χ1n) is 7.51. The zero-order valence-electron chi connectivity index (χ0n) is 14.1. The lowest BCUT2D eigenvalue weighted by atomic mass is 10.1. The van der Waals surface area contributed by atoms with Crippen molar-refractivity contribution in [3.63, 3.8) is 0 Å². The molecule has 2 aromatic rings. The predicted molar refractivity (Wildman–Crippen MR) is 90.2 cm³/mol. The number of carboxylic acids is 1. The molecule has 0 fully saturated rings. The van der Waals surface area contributed by atoms with Crippen LogP contribution in [0.25, 0.3) is 6.08 Å². The van der Waals surface area contributed by atoms with Crippen LogP contribution < -0.4 is 4.74 Å². The molecule has 0 amide bonds. The van der Waals surface area contributed by atoms with Gasteiger partial charge in [0.1, 0.15) is 5.75 Å². The number of hydrogen-bond acceptors (Lipinski definition) is 4. The first kappa shape index (κ1) is 17.5. The summed E-state index contributed by atoms with van der Waals surface area (Å²) in [4.78, 5) is 23.2. The number of aryl methyl sites for hydroxylation is 2. The van der Waals surface area contributed by atoms with Gasteiger partial charge in [-0.05, 0) is 44.5 Å². The highest BCUT2D eigenvalue weighted by Crippen LogP contribution is 2.18. The third-order valence-electron chi connectivity index (χ3n) is 3.70. The summed E-state index contributed by atoms with van der Waals surface area (Å²) in [5, 5.41) is 13.1. The highest BCUT2D eigenvalue weighted by atomic mass is 16.5. The number of aromatic nitrogens is 2. The maximum atomic E-state index is 12.4. The molecule has 0 aliphatic heterocycles. The van der Waals surface area contributed by atoms with Crippen molar-refractivity contribution in [1.82, 2.24) is 9.78 Å². The molecule has 1 atom stereocenters. The summed E-state index contributed by atoms with van der Waals surface area (Å²) >= 11 is 0. The molecule has 2 rings (SSSR count). The number of carboxylic acid groups (broad SMARTS) is 1. The number of rotatable bonds is 6. The lowest BCUT2D eigenvalue weighted by Crippen LogP contribution is -2.22. The van der Waals surface area contributed by atoms with E-state index < -0.39 is 12.1 Å². The number of carbonyl (C=O) groups excluding carboxylic acids is 1. The van der Waals surface area contributed by atoms with Crippen molar-refractivity contribution < 1.29 is 19.4 Å². The van der Waals surface area contributed by atoms with Gasteiger partial charge in [0.25, 0.3) is 0 Å². The van der Waals surface area contributed by atoms with E-state index >= 15 is 0 Å². The zero-order valence-corrected chi connectivity index (χ0v) is 14.1. The minimum Gasteiger partial charge on any atom is -0.479 e. The van der Waals surface area contributed by atoms with Gasteiger partial charge >= 0.3 is 5.97 Å². The van der Waals surface area contributed by atoms with Gasteiger partial charge in [0.15, 0.2) is 11.9 Å². The van der Waals surface area contributed by atoms with Gasteiger partial charge in [0.2, 0.25) is 0 Å². The summed E-state index contributed by atoms with van der Waals surface area (Å²) in [5.74, 6) is -0.717. The van der Waals surface area contributed by atoms with Gasteiger partial charge in [-0.3, -0.25) is 9.48 Å². The molecule has 6 nitrogen and oxygen atoms in total. The van der Waals surface area contributed by atoms with Crippen molar-refractivity contribution in [2.24, 2.45) is 7.05 Å². The van der Waals surface area contributed by atoms with Crippen molar-refractivity contribution in [2.45, 2.75) is 26.9 Å². The number of benzene rings is 1. The van der Waals surface area contributed by atoms with E-state index in [1.165, 1.54) is 13.0 Å². The number of ether oxygens (including phenoxy) is 1. The zero-order chi connectivity index (χ0) is 17.9. The summed E-state index contributed by atoms with van der Waals surface area (Å²) in [7, 11) is 1.80. The second-order valence-corrected chi connectivity index (χ2v) is 5.54. The Balaban J connectivity index is 2.17. The minimum absolute atomic E-state index is 0.122. The van der Waals surface area contributed by atoms with Crippen LogP contribution in [0, 0.1) is 13.8 Å². The van der Waals surface area contributed by atoms with E-state index in [0.29, 0.717) is 17.0 Å². The van der Waals surface area contributed by atoms with Gasteiger partial charge < -0.3 is 9.84 Å². The molecule has 126 valence electrons. The van der Waals surface area contributed by atoms with Crippen LogP contribution >= 0.6 is 0 Å². The van der Waals surface area contributed by atoms with Crippen LogP contribution in [0.2, 0.25) is 0 Å². The molecule has 1 heterocycles. The molecule has 24 heavy (non-hydrogen) atoms. The summed E-state index contributed by atoms with van der Waals surface area (Å²) in [5.41, 5.74) is 2.85. The van der Waals surface area contributed by atoms with E-state index in [-0.39, 0.29) is 5.78 Å².